The molecule has 0 aliphatic heterocycles. The van der Waals surface area contributed by atoms with Gasteiger partial charge in [-0.15, -0.1) is 0 Å². The Balaban J connectivity index is 0.000000127. The Kier molecular flexibility index (Phi) is 22.2. The molecule has 2 fully saturated rings. The zero-order chi connectivity index (χ0) is 70.3. The number of carbonyl (C=O) groups is 4. The molecule has 8 nitrogen and oxygen atoms in total. The molecule has 7 aromatic rings. The van der Waals surface area contributed by atoms with Crippen molar-refractivity contribution in [2.45, 2.75) is 215 Å². The Hall–Kier alpha value is -8.10. The highest BCUT2D eigenvalue weighted by Gasteiger charge is 2.54. The predicted octanol–water partition coefficient (Wildman–Crippen LogP) is 21.5. The van der Waals surface area contributed by atoms with E-state index in [1.165, 1.54) is 106 Å². The summed E-state index contributed by atoms with van der Waals surface area (Å²) < 4.78 is 18.0. The van der Waals surface area contributed by atoms with Crippen LogP contribution >= 0.6 is 0 Å². The fourth-order valence-electron chi connectivity index (χ4n) is 19.4. The van der Waals surface area contributed by atoms with Gasteiger partial charge in [-0.1, -0.05) is 215 Å². The first kappa shape index (κ1) is 71.7. The smallest absolute Gasteiger partial charge is 0.158 e. The molecule has 0 heterocycles. The van der Waals surface area contributed by atoms with E-state index in [1.807, 2.05) is 60.7 Å². The van der Waals surface area contributed by atoms with Gasteiger partial charge < -0.3 is 19.3 Å². The standard InChI is InChI=1S/C27H34O2.C23H24O2.C22H22O2.C20H28O2/c1-4-5-11-22-17-25(28)19(2)26-24-13-12-23(16-21(24)14-15-27(22,26)3)29-18-20-9-7-6-8-10-20;1-16-21(24)11-13-23(2)12-10-18-14-19(8-9-20(18)22(16)23)25-15-17-6-4-3-5-7-17;1-22-11-9-17-13-19(24-15-16-5-3-2-4-6-16)7-8-20(17)21(22)14-18(23)10-12-22;1-4-5-6-15-12-18(22)13(2)19-17-8-7-16(21)11-14(17)9-10-20(15,19)3/h6-10,12-13,16,19,22,26H,4-5,11,14-15,17-18H2,1-3H3;3-9,11,13-14,16,22H,10,12,15H2,1-2H3;2-8,10,12-13,21H,9,11,14-15H2,1H3;7-8,11,13,15,19,21H,4-6,9-10,12H2,1-3H3/t19-,22+,26-,27+;16?,22-,23+;21-,22+;13-,15+,19-,20+/m1111/s1. The highest BCUT2D eigenvalue weighted by Crippen LogP contribution is 2.61. The topological polar surface area (TPSA) is 116 Å². The van der Waals surface area contributed by atoms with Crippen LogP contribution in [0, 0.1) is 51.2 Å². The van der Waals surface area contributed by atoms with E-state index in [-0.39, 0.29) is 56.9 Å². The molecule has 100 heavy (non-hydrogen) atoms. The third kappa shape index (κ3) is 15.4. The quantitative estimate of drug-likeness (QED) is 0.108. The molecule has 7 aromatic carbocycles. The van der Waals surface area contributed by atoms with E-state index in [9.17, 15) is 24.3 Å². The largest absolute Gasteiger partial charge is 0.508 e. The molecule has 0 radical (unpaired) electrons. The molecule has 13 atom stereocenters. The minimum absolute atomic E-state index is 0.0464. The van der Waals surface area contributed by atoms with Crippen LogP contribution in [0.1, 0.15) is 231 Å². The number of unbranched alkanes of at least 4 members (excludes halogenated alkanes) is 2. The van der Waals surface area contributed by atoms with Crippen LogP contribution in [0.2, 0.25) is 0 Å². The fourth-order valence-corrected chi connectivity index (χ4v) is 19.4. The number of allylic oxidation sites excluding steroid dienone is 4. The van der Waals surface area contributed by atoms with Crippen molar-refractivity contribution in [1.29, 1.82) is 0 Å². The van der Waals surface area contributed by atoms with E-state index in [1.54, 1.807) is 18.2 Å². The van der Waals surface area contributed by atoms with Gasteiger partial charge in [0.05, 0.1) is 0 Å². The van der Waals surface area contributed by atoms with Crippen molar-refractivity contribution in [3.8, 4) is 23.0 Å². The van der Waals surface area contributed by atoms with E-state index in [2.05, 4.69) is 172 Å². The zero-order valence-electron chi connectivity index (χ0n) is 61.0. The van der Waals surface area contributed by atoms with E-state index < -0.39 is 0 Å². The number of aryl methyl sites for hydroxylation is 4. The summed E-state index contributed by atoms with van der Waals surface area (Å²) in [5.74, 6) is 7.07. The molecule has 0 aromatic heterocycles. The number of ether oxygens (including phenoxy) is 3. The minimum Gasteiger partial charge on any atom is -0.508 e. The van der Waals surface area contributed by atoms with Gasteiger partial charge in [-0.2, -0.15) is 0 Å². The van der Waals surface area contributed by atoms with Crippen LogP contribution in [0.3, 0.4) is 0 Å². The number of hydrogen-bond acceptors (Lipinski definition) is 8. The first-order chi connectivity index (χ1) is 48.2. The van der Waals surface area contributed by atoms with Gasteiger partial charge in [0.15, 0.2) is 11.6 Å². The van der Waals surface area contributed by atoms with E-state index >= 15 is 0 Å². The number of benzene rings is 7. The van der Waals surface area contributed by atoms with Gasteiger partial charge in [-0.25, -0.2) is 0 Å². The number of phenolic OH excluding ortho intramolecular Hbond substituents is 1. The Morgan fingerprint density at radius 2 is 0.810 bits per heavy atom. The van der Waals surface area contributed by atoms with Gasteiger partial charge in [-0.3, -0.25) is 19.2 Å². The van der Waals surface area contributed by atoms with Gasteiger partial charge in [-0.05, 0) is 231 Å². The van der Waals surface area contributed by atoms with Crippen molar-refractivity contribution in [2.75, 3.05) is 0 Å². The predicted molar refractivity (Wildman–Crippen MR) is 402 cm³/mol. The number of carbonyl (C=O) groups excluding carboxylic acids is 4. The lowest BCUT2D eigenvalue weighted by atomic mass is 9.50. The third-order valence-corrected chi connectivity index (χ3v) is 25.5. The van der Waals surface area contributed by atoms with Crippen molar-refractivity contribution in [1.82, 2.24) is 0 Å². The van der Waals surface area contributed by atoms with Crippen molar-refractivity contribution in [2.24, 2.45) is 51.2 Å². The molecular formula is C92H108O8. The average Bonchev–Trinajstić information content (AvgIpc) is 0.745. The number of hydrogen-bond donors (Lipinski definition) is 1. The monoisotopic (exact) mass is 1340 g/mol. The second kappa shape index (κ2) is 31.0. The van der Waals surface area contributed by atoms with Gasteiger partial charge in [0.25, 0.3) is 0 Å². The molecule has 0 bridgehead atoms. The molecule has 0 amide bonds. The zero-order valence-corrected chi connectivity index (χ0v) is 61.0. The molecule has 2 saturated carbocycles. The lowest BCUT2D eigenvalue weighted by Crippen LogP contribution is -2.48. The summed E-state index contributed by atoms with van der Waals surface area (Å²) in [4.78, 5) is 49.6. The number of aromatic hydroxyl groups is 1. The van der Waals surface area contributed by atoms with E-state index in [4.69, 9.17) is 14.2 Å². The van der Waals surface area contributed by atoms with Crippen LogP contribution in [0.5, 0.6) is 23.0 Å². The third-order valence-electron chi connectivity index (χ3n) is 25.5. The van der Waals surface area contributed by atoms with Crippen molar-refractivity contribution in [3.05, 3.63) is 249 Å². The molecule has 15 rings (SSSR count). The molecule has 8 aliphatic rings. The van der Waals surface area contributed by atoms with Gasteiger partial charge >= 0.3 is 0 Å². The highest BCUT2D eigenvalue weighted by atomic mass is 16.5. The maximum Gasteiger partial charge on any atom is 0.158 e. The Morgan fingerprint density at radius 3 is 1.27 bits per heavy atom. The van der Waals surface area contributed by atoms with Gasteiger partial charge in [0.2, 0.25) is 0 Å². The summed E-state index contributed by atoms with van der Waals surface area (Å²) in [7, 11) is 0. The summed E-state index contributed by atoms with van der Waals surface area (Å²) in [5.41, 5.74) is 14.9. The van der Waals surface area contributed by atoms with Crippen molar-refractivity contribution >= 4 is 23.1 Å². The first-order valence-electron chi connectivity index (χ1n) is 37.9. The fraction of sp³-hybridized carbons (Fsp3) is 0.457. The summed E-state index contributed by atoms with van der Waals surface area (Å²) in [6, 6.07) is 55.9. The second-order valence-corrected chi connectivity index (χ2v) is 31.9. The SMILES string of the molecule is CC1C(=O)C=C[C@]2(C)CCc3cc(OCc4ccccc4)ccc3[C@@H]12.CCCC[C@H]1CC(=O)[C@@H](C)[C@@H]2c3ccc(O)cc3CC[C@@]12C.CCCC[C@H]1CC(=O)[C@@H](C)[C@@H]2c3ccc(OCc4ccccc4)cc3CC[C@@]12C.C[C@]12C=CC(=O)C[C@@H]1c1ccc(OCc3ccccc3)cc1CC2. The number of phenols is 1. The maximum absolute atomic E-state index is 12.9. The molecule has 1 unspecified atom stereocenters. The summed E-state index contributed by atoms with van der Waals surface area (Å²) in [6.07, 6.45) is 25.9. The number of Topliss-reactive ketones (excluding diaryl/α,β-unsaturated/α-hetero) is 2. The van der Waals surface area contributed by atoms with Crippen LogP contribution in [-0.2, 0) is 64.7 Å². The molecule has 8 aliphatic carbocycles. The summed E-state index contributed by atoms with van der Waals surface area (Å²) in [5, 5.41) is 9.77. The van der Waals surface area contributed by atoms with Crippen LogP contribution in [-0.4, -0.2) is 28.2 Å². The number of fused-ring (bicyclic) bond motifs is 12. The molecule has 0 spiro atoms. The van der Waals surface area contributed by atoms with E-state index in [0.29, 0.717) is 73.1 Å². The Morgan fingerprint density at radius 1 is 0.420 bits per heavy atom. The Bertz CT molecular complexity index is 4090. The molecule has 1 N–H and O–H groups in total. The van der Waals surface area contributed by atoms with Crippen molar-refractivity contribution < 1.29 is 38.5 Å². The molecule has 0 saturated heterocycles. The van der Waals surface area contributed by atoms with Crippen molar-refractivity contribution in [3.63, 3.8) is 0 Å². The number of rotatable bonds is 15. The summed E-state index contributed by atoms with van der Waals surface area (Å²) in [6.45, 7) is 22.0. The van der Waals surface area contributed by atoms with Crippen LogP contribution in [0.25, 0.3) is 0 Å². The lowest BCUT2D eigenvalue weighted by molar-refractivity contribution is -0.133. The molecule has 524 valence electrons. The first-order valence-corrected chi connectivity index (χ1v) is 37.9. The Labute approximate surface area is 596 Å². The number of ketones is 4. The maximum atomic E-state index is 12.9. The normalized spacial score (nSPS) is 28.7. The molecule has 8 heteroatoms. The minimum atomic E-state index is 0.0464. The molecular weight excluding hydrogens is 1230 g/mol. The van der Waals surface area contributed by atoms with Crippen LogP contribution < -0.4 is 14.2 Å². The average molecular weight is 1340 g/mol. The second-order valence-electron chi connectivity index (χ2n) is 31.9. The van der Waals surface area contributed by atoms with Gasteiger partial charge in [0.1, 0.15) is 54.4 Å². The summed E-state index contributed by atoms with van der Waals surface area (Å²) >= 11 is 0. The van der Waals surface area contributed by atoms with Crippen LogP contribution in [0.4, 0.5) is 0 Å². The lowest BCUT2D eigenvalue weighted by Gasteiger charge is -2.53. The van der Waals surface area contributed by atoms with E-state index in [0.717, 1.165) is 75.0 Å². The van der Waals surface area contributed by atoms with Crippen LogP contribution in [0.15, 0.2) is 188 Å². The van der Waals surface area contributed by atoms with Gasteiger partial charge in [0, 0.05) is 48.9 Å². The highest BCUT2D eigenvalue weighted by molar-refractivity contribution is 5.94.